The number of carbonyl (C=O) groups is 1. The number of para-hydroxylation sites is 1. The molecular formula is C19H22N6O2. The molecule has 0 bridgehead atoms. The number of aliphatic hydroxyl groups excluding tert-OH is 1. The smallest absolute Gasteiger partial charge is 0.273 e. The minimum absolute atomic E-state index is 0.0961. The van der Waals surface area contributed by atoms with Gasteiger partial charge in [-0.05, 0) is 31.0 Å². The molecule has 0 spiro atoms. The van der Waals surface area contributed by atoms with E-state index in [1.54, 1.807) is 10.9 Å². The standard InChI is InChI=1S/C19H22N6O2/c26-12-9-20-19(27)17-13-25(23-22-17)15-7-10-24(11-8-15)18-6-5-14-3-1-2-4-16(14)21-18/h1-6,13,15,26H,7-12H2,(H,20,27). The van der Waals surface area contributed by atoms with Gasteiger partial charge in [-0.25, -0.2) is 9.67 Å². The number of anilines is 1. The van der Waals surface area contributed by atoms with E-state index in [-0.39, 0.29) is 30.8 Å². The van der Waals surface area contributed by atoms with E-state index in [1.807, 2.05) is 18.2 Å². The van der Waals surface area contributed by atoms with Crippen molar-refractivity contribution in [1.82, 2.24) is 25.3 Å². The first-order chi connectivity index (χ1) is 13.2. The largest absolute Gasteiger partial charge is 0.395 e. The van der Waals surface area contributed by atoms with Crippen LogP contribution in [0.2, 0.25) is 0 Å². The van der Waals surface area contributed by atoms with Crippen molar-refractivity contribution in [3.63, 3.8) is 0 Å². The number of piperidine rings is 1. The number of carbonyl (C=O) groups excluding carboxylic acids is 1. The molecule has 2 N–H and O–H groups in total. The van der Waals surface area contributed by atoms with Gasteiger partial charge < -0.3 is 15.3 Å². The monoisotopic (exact) mass is 366 g/mol. The van der Waals surface area contributed by atoms with Crippen molar-refractivity contribution in [3.05, 3.63) is 48.3 Å². The molecule has 140 valence electrons. The number of hydrogen-bond donors (Lipinski definition) is 2. The average molecular weight is 366 g/mol. The summed E-state index contributed by atoms with van der Waals surface area (Å²) in [5.74, 6) is 0.683. The molecule has 8 heteroatoms. The molecule has 0 saturated carbocycles. The van der Waals surface area contributed by atoms with Crippen LogP contribution in [0.1, 0.15) is 29.4 Å². The molecule has 3 heterocycles. The van der Waals surface area contributed by atoms with Gasteiger partial charge in [0.05, 0.1) is 24.4 Å². The maximum absolute atomic E-state index is 11.9. The van der Waals surface area contributed by atoms with Crippen LogP contribution in [0.15, 0.2) is 42.6 Å². The van der Waals surface area contributed by atoms with Gasteiger partial charge in [-0.1, -0.05) is 23.4 Å². The first-order valence-electron chi connectivity index (χ1n) is 9.16. The van der Waals surface area contributed by atoms with Gasteiger partial charge in [0.15, 0.2) is 5.69 Å². The second kappa shape index (κ2) is 7.71. The second-order valence-corrected chi connectivity index (χ2v) is 6.64. The van der Waals surface area contributed by atoms with Gasteiger partial charge in [-0.3, -0.25) is 4.79 Å². The number of aliphatic hydroxyl groups is 1. The number of fused-ring (bicyclic) bond motifs is 1. The summed E-state index contributed by atoms with van der Waals surface area (Å²) in [6.45, 7) is 1.87. The van der Waals surface area contributed by atoms with Gasteiger partial charge in [0.1, 0.15) is 5.82 Å². The molecule has 1 fully saturated rings. The molecule has 1 aromatic carbocycles. The Kier molecular flexibility index (Phi) is 4.97. The van der Waals surface area contributed by atoms with Crippen molar-refractivity contribution >= 4 is 22.6 Å². The van der Waals surface area contributed by atoms with E-state index in [1.165, 1.54) is 0 Å². The lowest BCUT2D eigenvalue weighted by Gasteiger charge is -2.32. The first kappa shape index (κ1) is 17.4. The lowest BCUT2D eigenvalue weighted by Crippen LogP contribution is -2.35. The summed E-state index contributed by atoms with van der Waals surface area (Å²) < 4.78 is 1.78. The third-order valence-electron chi connectivity index (χ3n) is 4.89. The number of amides is 1. The lowest BCUT2D eigenvalue weighted by atomic mass is 10.1. The Labute approximate surface area is 156 Å². The summed E-state index contributed by atoms with van der Waals surface area (Å²) in [5, 5.41) is 20.6. The summed E-state index contributed by atoms with van der Waals surface area (Å²) in [5.41, 5.74) is 1.29. The fourth-order valence-corrected chi connectivity index (χ4v) is 3.41. The number of hydrogen-bond acceptors (Lipinski definition) is 6. The predicted octanol–water partition coefficient (Wildman–Crippen LogP) is 1.39. The molecule has 0 unspecified atom stereocenters. The van der Waals surface area contributed by atoms with Gasteiger partial charge in [0.25, 0.3) is 5.91 Å². The average Bonchev–Trinajstić information content (AvgIpc) is 3.22. The molecule has 1 amide bonds. The Hall–Kier alpha value is -3.00. The topological polar surface area (TPSA) is 96.2 Å². The molecule has 1 aliphatic rings. The normalized spacial score (nSPS) is 15.2. The van der Waals surface area contributed by atoms with Gasteiger partial charge in [0, 0.05) is 25.0 Å². The van der Waals surface area contributed by atoms with Crippen molar-refractivity contribution in [2.45, 2.75) is 18.9 Å². The highest BCUT2D eigenvalue weighted by Gasteiger charge is 2.23. The van der Waals surface area contributed by atoms with Crippen molar-refractivity contribution in [2.24, 2.45) is 0 Å². The van der Waals surface area contributed by atoms with E-state index in [0.29, 0.717) is 0 Å². The van der Waals surface area contributed by atoms with Gasteiger partial charge in [0.2, 0.25) is 0 Å². The maximum Gasteiger partial charge on any atom is 0.273 e. The zero-order chi connectivity index (χ0) is 18.6. The Balaban J connectivity index is 1.40. The minimum Gasteiger partial charge on any atom is -0.395 e. The van der Waals surface area contributed by atoms with E-state index < -0.39 is 0 Å². The SMILES string of the molecule is O=C(NCCO)c1cn(C2CCN(c3ccc4ccccc4n3)CC2)nn1. The van der Waals surface area contributed by atoms with Crippen molar-refractivity contribution < 1.29 is 9.90 Å². The highest BCUT2D eigenvalue weighted by Crippen LogP contribution is 2.26. The highest BCUT2D eigenvalue weighted by molar-refractivity contribution is 5.91. The Morgan fingerprint density at radius 3 is 2.81 bits per heavy atom. The van der Waals surface area contributed by atoms with Gasteiger partial charge in [-0.2, -0.15) is 0 Å². The summed E-state index contributed by atoms with van der Waals surface area (Å²) in [6, 6.07) is 12.5. The zero-order valence-corrected chi connectivity index (χ0v) is 15.0. The molecule has 2 aromatic heterocycles. The Bertz CT molecular complexity index is 933. The molecule has 1 saturated heterocycles. The third-order valence-corrected chi connectivity index (χ3v) is 4.89. The van der Waals surface area contributed by atoms with E-state index in [0.717, 1.165) is 42.7 Å². The minimum atomic E-state index is -0.312. The first-order valence-corrected chi connectivity index (χ1v) is 9.16. The fourth-order valence-electron chi connectivity index (χ4n) is 3.41. The van der Waals surface area contributed by atoms with Crippen LogP contribution in [0, 0.1) is 0 Å². The Morgan fingerprint density at radius 2 is 2.00 bits per heavy atom. The molecule has 3 aromatic rings. The number of rotatable bonds is 5. The van der Waals surface area contributed by atoms with Crippen LogP contribution in [0.5, 0.6) is 0 Å². The third kappa shape index (κ3) is 3.75. The Morgan fingerprint density at radius 1 is 1.19 bits per heavy atom. The second-order valence-electron chi connectivity index (χ2n) is 6.64. The molecule has 27 heavy (non-hydrogen) atoms. The van der Waals surface area contributed by atoms with Crippen LogP contribution in [-0.4, -0.2) is 57.2 Å². The number of aromatic nitrogens is 4. The molecule has 0 atom stereocenters. The van der Waals surface area contributed by atoms with Crippen LogP contribution in [-0.2, 0) is 0 Å². The zero-order valence-electron chi connectivity index (χ0n) is 15.0. The number of benzene rings is 1. The summed E-state index contributed by atoms with van der Waals surface area (Å²) in [6.07, 6.45) is 3.51. The van der Waals surface area contributed by atoms with E-state index >= 15 is 0 Å². The van der Waals surface area contributed by atoms with Crippen LogP contribution in [0.3, 0.4) is 0 Å². The van der Waals surface area contributed by atoms with E-state index in [2.05, 4.69) is 38.7 Å². The number of pyridine rings is 1. The van der Waals surface area contributed by atoms with Crippen molar-refractivity contribution in [1.29, 1.82) is 0 Å². The molecule has 0 radical (unpaired) electrons. The number of nitrogens with one attached hydrogen (secondary N) is 1. The molecule has 1 aliphatic heterocycles. The van der Waals surface area contributed by atoms with Crippen LogP contribution >= 0.6 is 0 Å². The van der Waals surface area contributed by atoms with Crippen LogP contribution in [0.25, 0.3) is 10.9 Å². The lowest BCUT2D eigenvalue weighted by molar-refractivity contribution is 0.0939. The number of nitrogens with zero attached hydrogens (tertiary/aromatic N) is 5. The highest BCUT2D eigenvalue weighted by atomic mass is 16.3. The van der Waals surface area contributed by atoms with Crippen LogP contribution in [0.4, 0.5) is 5.82 Å². The van der Waals surface area contributed by atoms with Gasteiger partial charge in [-0.15, -0.1) is 5.10 Å². The molecular weight excluding hydrogens is 344 g/mol. The summed E-state index contributed by atoms with van der Waals surface area (Å²) >= 11 is 0. The van der Waals surface area contributed by atoms with E-state index in [9.17, 15) is 4.79 Å². The van der Waals surface area contributed by atoms with Gasteiger partial charge >= 0.3 is 0 Å². The van der Waals surface area contributed by atoms with Crippen molar-refractivity contribution in [2.75, 3.05) is 31.1 Å². The molecule has 0 aliphatic carbocycles. The quantitative estimate of drug-likeness (QED) is 0.708. The molecule has 8 nitrogen and oxygen atoms in total. The fraction of sp³-hybridized carbons (Fsp3) is 0.368. The maximum atomic E-state index is 11.9. The van der Waals surface area contributed by atoms with E-state index in [4.69, 9.17) is 10.1 Å². The van der Waals surface area contributed by atoms with Crippen LogP contribution < -0.4 is 10.2 Å². The van der Waals surface area contributed by atoms with Crippen molar-refractivity contribution in [3.8, 4) is 0 Å². The summed E-state index contributed by atoms with van der Waals surface area (Å²) in [4.78, 5) is 18.9. The summed E-state index contributed by atoms with van der Waals surface area (Å²) in [7, 11) is 0. The molecule has 4 rings (SSSR count). The predicted molar refractivity (Wildman–Crippen MR) is 102 cm³/mol.